The molecule has 0 saturated heterocycles. The summed E-state index contributed by atoms with van der Waals surface area (Å²) in [5.74, 6) is 1.96. The minimum absolute atomic E-state index is 0.00889. The zero-order chi connectivity index (χ0) is 8.97. The van der Waals surface area contributed by atoms with Crippen molar-refractivity contribution >= 4 is 5.94 Å². The lowest BCUT2D eigenvalue weighted by Crippen LogP contribution is -1.87. The summed E-state index contributed by atoms with van der Waals surface area (Å²) >= 11 is 0. The van der Waals surface area contributed by atoms with Crippen LogP contribution in [0, 0.1) is 0 Å². The van der Waals surface area contributed by atoms with Gasteiger partial charge in [-0.3, -0.25) is 0 Å². The second-order valence-corrected chi connectivity index (χ2v) is 2.67. The van der Waals surface area contributed by atoms with Gasteiger partial charge in [0, 0.05) is 12.0 Å². The molecule has 0 bridgehead atoms. The monoisotopic (exact) mass is 162 g/mol. The average molecular weight is 162 g/mol. The molecule has 1 atom stereocenters. The average Bonchev–Trinajstić information content (AvgIpc) is 2.05. The van der Waals surface area contributed by atoms with E-state index in [-0.39, 0.29) is 11.7 Å². The predicted molar refractivity (Wildman–Crippen MR) is 46.8 cm³/mol. The third-order valence-corrected chi connectivity index (χ3v) is 1.71. The maximum absolute atomic E-state index is 10.0. The molecule has 0 aromatic heterocycles. The van der Waals surface area contributed by atoms with Gasteiger partial charge in [-0.2, -0.15) is 0 Å². The Bertz CT molecular complexity index is 311. The van der Waals surface area contributed by atoms with Gasteiger partial charge in [-0.25, -0.2) is 4.79 Å². The number of carbonyl (C=O) groups excluding carboxylic acids is 1. The Morgan fingerprint density at radius 1 is 1.58 bits per heavy atom. The highest BCUT2D eigenvalue weighted by Crippen LogP contribution is 2.19. The second kappa shape index (κ2) is 3.74. The van der Waals surface area contributed by atoms with E-state index in [9.17, 15) is 4.79 Å². The van der Waals surface area contributed by atoms with Crippen LogP contribution in [0.1, 0.15) is 18.4 Å². The fraction of sp³-hybridized carbons (Fsp3) is 0.200. The number of aromatic hydroxyl groups is 1. The molecule has 0 spiro atoms. The number of hydrogen-bond acceptors (Lipinski definition) is 2. The molecule has 0 saturated carbocycles. The van der Waals surface area contributed by atoms with Crippen LogP contribution in [0.3, 0.4) is 0 Å². The standard InChI is InChI=1S/C10H10O2/c1-8(5-6-11)9-3-2-4-10(12)7-9/h2-5,7-8,12H,1H3. The van der Waals surface area contributed by atoms with Gasteiger partial charge in [-0.15, -0.1) is 0 Å². The quantitative estimate of drug-likeness (QED) is 0.674. The molecule has 0 fully saturated rings. The van der Waals surface area contributed by atoms with Gasteiger partial charge in [0.05, 0.1) is 0 Å². The van der Waals surface area contributed by atoms with E-state index < -0.39 is 0 Å². The van der Waals surface area contributed by atoms with Crippen LogP contribution in [0.25, 0.3) is 0 Å². The third-order valence-electron chi connectivity index (χ3n) is 1.71. The highest BCUT2D eigenvalue weighted by atomic mass is 16.3. The van der Waals surface area contributed by atoms with Crippen LogP contribution in [-0.4, -0.2) is 11.0 Å². The highest BCUT2D eigenvalue weighted by Gasteiger charge is 2.01. The molecule has 2 nitrogen and oxygen atoms in total. The Labute approximate surface area is 71.2 Å². The first-order chi connectivity index (χ1) is 5.74. The Kier molecular flexibility index (Phi) is 2.67. The number of rotatable bonds is 2. The molecular formula is C10H10O2. The zero-order valence-electron chi connectivity index (χ0n) is 6.82. The van der Waals surface area contributed by atoms with Crippen molar-refractivity contribution in [3.05, 3.63) is 35.9 Å². The first-order valence-corrected chi connectivity index (χ1v) is 3.74. The molecule has 1 unspecified atom stereocenters. The molecule has 0 aliphatic carbocycles. The number of allylic oxidation sites excluding steroid dienone is 1. The molecule has 0 aliphatic heterocycles. The molecule has 1 aromatic carbocycles. The Morgan fingerprint density at radius 3 is 2.92 bits per heavy atom. The van der Waals surface area contributed by atoms with Gasteiger partial charge in [0.25, 0.3) is 0 Å². The lowest BCUT2D eigenvalue weighted by molar-refractivity contribution is 0.474. The number of hydrogen-bond donors (Lipinski definition) is 1. The molecule has 0 aliphatic rings. The van der Waals surface area contributed by atoms with Crippen molar-refractivity contribution in [3.63, 3.8) is 0 Å². The Balaban J connectivity index is 2.94. The van der Waals surface area contributed by atoms with E-state index in [0.29, 0.717) is 0 Å². The van der Waals surface area contributed by atoms with Gasteiger partial charge in [0.1, 0.15) is 11.7 Å². The molecule has 2 heteroatoms. The van der Waals surface area contributed by atoms with Crippen LogP contribution >= 0.6 is 0 Å². The minimum atomic E-state index is 0.00889. The van der Waals surface area contributed by atoms with E-state index in [0.717, 1.165) is 5.56 Å². The molecule has 1 aromatic rings. The van der Waals surface area contributed by atoms with E-state index in [1.54, 1.807) is 24.1 Å². The number of phenolic OH excluding ortho intramolecular Hbond substituents is 1. The highest BCUT2D eigenvalue weighted by molar-refractivity contribution is 5.48. The SMILES string of the molecule is CC(C=C=O)c1cccc(O)c1. The molecule has 1 N–H and O–H groups in total. The van der Waals surface area contributed by atoms with Gasteiger partial charge in [-0.05, 0) is 17.7 Å². The summed E-state index contributed by atoms with van der Waals surface area (Å²) in [6.45, 7) is 1.87. The van der Waals surface area contributed by atoms with E-state index in [1.807, 2.05) is 13.0 Å². The summed E-state index contributed by atoms with van der Waals surface area (Å²) < 4.78 is 0. The minimum Gasteiger partial charge on any atom is -0.508 e. The molecule has 0 heterocycles. The van der Waals surface area contributed by atoms with Crippen LogP contribution in [0.15, 0.2) is 30.3 Å². The fourth-order valence-corrected chi connectivity index (χ4v) is 1.01. The maximum atomic E-state index is 10.0. The van der Waals surface area contributed by atoms with Crippen LogP contribution < -0.4 is 0 Å². The third kappa shape index (κ3) is 1.97. The van der Waals surface area contributed by atoms with Crippen LogP contribution in [0.4, 0.5) is 0 Å². The molecule has 62 valence electrons. The normalized spacial score (nSPS) is 11.8. The summed E-state index contributed by atoms with van der Waals surface area (Å²) in [4.78, 5) is 10.0. The van der Waals surface area contributed by atoms with E-state index in [4.69, 9.17) is 5.11 Å². The number of phenols is 1. The summed E-state index contributed by atoms with van der Waals surface area (Å²) in [5.41, 5.74) is 0.915. The van der Waals surface area contributed by atoms with E-state index >= 15 is 0 Å². The van der Waals surface area contributed by atoms with Gasteiger partial charge >= 0.3 is 0 Å². The van der Waals surface area contributed by atoms with Gasteiger partial charge < -0.3 is 5.11 Å². The molecule has 0 amide bonds. The predicted octanol–water partition coefficient (Wildman–Crippen LogP) is 1.88. The van der Waals surface area contributed by atoms with Crippen molar-refractivity contribution in [2.75, 3.05) is 0 Å². The van der Waals surface area contributed by atoms with Crippen molar-refractivity contribution in [3.8, 4) is 5.75 Å². The Hall–Kier alpha value is -1.53. The molecule has 12 heavy (non-hydrogen) atoms. The van der Waals surface area contributed by atoms with Gasteiger partial charge in [-0.1, -0.05) is 19.1 Å². The van der Waals surface area contributed by atoms with E-state index in [2.05, 4.69) is 0 Å². The van der Waals surface area contributed by atoms with Gasteiger partial charge in [0.15, 0.2) is 0 Å². The summed E-state index contributed by atoms with van der Waals surface area (Å²) in [7, 11) is 0. The zero-order valence-corrected chi connectivity index (χ0v) is 6.82. The first-order valence-electron chi connectivity index (χ1n) is 3.74. The fourth-order valence-electron chi connectivity index (χ4n) is 1.01. The van der Waals surface area contributed by atoms with Crippen LogP contribution in [0.5, 0.6) is 5.75 Å². The van der Waals surface area contributed by atoms with Crippen LogP contribution in [-0.2, 0) is 4.79 Å². The van der Waals surface area contributed by atoms with Crippen molar-refractivity contribution in [1.82, 2.24) is 0 Å². The molecule has 1 rings (SSSR count). The van der Waals surface area contributed by atoms with Crippen molar-refractivity contribution in [2.45, 2.75) is 12.8 Å². The maximum Gasteiger partial charge on any atom is 0.120 e. The van der Waals surface area contributed by atoms with Crippen molar-refractivity contribution in [2.24, 2.45) is 0 Å². The lowest BCUT2D eigenvalue weighted by atomic mass is 10.0. The van der Waals surface area contributed by atoms with Gasteiger partial charge in [0.2, 0.25) is 0 Å². The topological polar surface area (TPSA) is 37.3 Å². The summed E-state index contributed by atoms with van der Waals surface area (Å²) in [6, 6.07) is 6.84. The van der Waals surface area contributed by atoms with Crippen LogP contribution in [0.2, 0.25) is 0 Å². The lowest BCUT2D eigenvalue weighted by Gasteiger charge is -2.04. The largest absolute Gasteiger partial charge is 0.508 e. The molecular weight excluding hydrogens is 152 g/mol. The summed E-state index contributed by atoms with van der Waals surface area (Å²) in [6.07, 6.45) is 1.43. The smallest absolute Gasteiger partial charge is 0.120 e. The first kappa shape index (κ1) is 8.57. The van der Waals surface area contributed by atoms with Crippen molar-refractivity contribution < 1.29 is 9.90 Å². The Morgan fingerprint density at radius 2 is 2.33 bits per heavy atom. The number of benzene rings is 1. The molecule has 0 radical (unpaired) electrons. The second-order valence-electron chi connectivity index (χ2n) is 2.67. The summed E-state index contributed by atoms with van der Waals surface area (Å²) in [5, 5.41) is 9.12. The van der Waals surface area contributed by atoms with E-state index in [1.165, 1.54) is 6.08 Å². The van der Waals surface area contributed by atoms with Crippen molar-refractivity contribution in [1.29, 1.82) is 0 Å².